The van der Waals surface area contributed by atoms with Gasteiger partial charge in [-0.25, -0.2) is 9.97 Å². The molecule has 0 saturated carbocycles. The van der Waals surface area contributed by atoms with Crippen LogP contribution in [-0.2, 0) is 9.59 Å². The highest BCUT2D eigenvalue weighted by Crippen LogP contribution is 2.26. The van der Waals surface area contributed by atoms with Crippen LogP contribution < -0.4 is 10.6 Å². The molecule has 1 aliphatic rings. The van der Waals surface area contributed by atoms with Gasteiger partial charge in [0, 0.05) is 6.42 Å². The summed E-state index contributed by atoms with van der Waals surface area (Å²) in [6, 6.07) is -0.560. The number of hydrogen-bond acceptors (Lipinski definition) is 4. The van der Waals surface area contributed by atoms with Crippen molar-refractivity contribution in [1.29, 1.82) is 0 Å². The lowest BCUT2D eigenvalue weighted by molar-refractivity contribution is -0.122. The Hall–Kier alpha value is -1.40. The number of rotatable bonds is 2. The summed E-state index contributed by atoms with van der Waals surface area (Å²) >= 11 is 11.5. The summed E-state index contributed by atoms with van der Waals surface area (Å²) in [7, 11) is 0. The summed E-state index contributed by atoms with van der Waals surface area (Å²) in [5.74, 6) is -0.527. The molecule has 17 heavy (non-hydrogen) atoms. The summed E-state index contributed by atoms with van der Waals surface area (Å²) in [6.45, 7) is 0. The lowest BCUT2D eigenvalue weighted by atomic mass is 10.2. The van der Waals surface area contributed by atoms with Crippen molar-refractivity contribution in [2.24, 2.45) is 0 Å². The van der Waals surface area contributed by atoms with Crippen LogP contribution >= 0.6 is 23.2 Å². The van der Waals surface area contributed by atoms with Crippen molar-refractivity contribution in [3.8, 4) is 0 Å². The molecule has 1 aromatic heterocycles. The van der Waals surface area contributed by atoms with E-state index in [0.717, 1.165) is 0 Å². The average molecular weight is 275 g/mol. The zero-order chi connectivity index (χ0) is 12.4. The predicted molar refractivity (Wildman–Crippen MR) is 61.8 cm³/mol. The van der Waals surface area contributed by atoms with Gasteiger partial charge in [-0.2, -0.15) is 0 Å². The highest BCUT2D eigenvalue weighted by Gasteiger charge is 2.28. The minimum absolute atomic E-state index is 0.0580. The predicted octanol–water partition coefficient (Wildman–Crippen LogP) is 1.00. The number of amides is 2. The quantitative estimate of drug-likeness (QED) is 0.789. The topological polar surface area (TPSA) is 84.0 Å². The molecule has 0 aliphatic carbocycles. The fourth-order valence-corrected chi connectivity index (χ4v) is 1.88. The molecule has 1 fully saturated rings. The van der Waals surface area contributed by atoms with E-state index in [1.54, 1.807) is 0 Å². The van der Waals surface area contributed by atoms with E-state index in [2.05, 4.69) is 20.6 Å². The van der Waals surface area contributed by atoms with Gasteiger partial charge in [0.25, 0.3) is 0 Å². The zero-order valence-corrected chi connectivity index (χ0v) is 10.0. The van der Waals surface area contributed by atoms with Gasteiger partial charge < -0.3 is 10.6 Å². The van der Waals surface area contributed by atoms with E-state index in [0.29, 0.717) is 12.8 Å². The Morgan fingerprint density at radius 1 is 1.41 bits per heavy atom. The standard InChI is InChI=1S/C9H8Cl2N4O2/c10-7-6(8(11)13-3-12-7)15-9(17)4-1-2-5(16)14-4/h3-4H,1-2H2,(H,14,16)(H,15,17). The molecule has 0 aromatic carbocycles. The van der Waals surface area contributed by atoms with E-state index in [1.165, 1.54) is 6.33 Å². The molecule has 2 heterocycles. The monoisotopic (exact) mass is 274 g/mol. The Balaban J connectivity index is 2.11. The van der Waals surface area contributed by atoms with Gasteiger partial charge in [0.2, 0.25) is 11.8 Å². The summed E-state index contributed by atoms with van der Waals surface area (Å²) in [5.41, 5.74) is 0.155. The number of halogens is 2. The lowest BCUT2D eigenvalue weighted by Crippen LogP contribution is -2.37. The molecular weight excluding hydrogens is 267 g/mol. The summed E-state index contributed by atoms with van der Waals surface area (Å²) in [4.78, 5) is 30.1. The van der Waals surface area contributed by atoms with Crippen LogP contribution in [0.2, 0.25) is 10.3 Å². The van der Waals surface area contributed by atoms with Crippen molar-refractivity contribution in [1.82, 2.24) is 15.3 Å². The highest BCUT2D eigenvalue weighted by atomic mass is 35.5. The molecular formula is C9H8Cl2N4O2. The first kappa shape index (κ1) is 12.1. The Morgan fingerprint density at radius 2 is 2.06 bits per heavy atom. The van der Waals surface area contributed by atoms with Gasteiger partial charge in [-0.1, -0.05) is 23.2 Å². The maximum atomic E-state index is 11.8. The summed E-state index contributed by atoms with van der Waals surface area (Å²) in [6.07, 6.45) is 1.98. The van der Waals surface area contributed by atoms with Crippen molar-refractivity contribution in [3.05, 3.63) is 16.6 Å². The van der Waals surface area contributed by atoms with Crippen LogP contribution in [0.15, 0.2) is 6.33 Å². The molecule has 2 rings (SSSR count). The van der Waals surface area contributed by atoms with Gasteiger partial charge in [0.1, 0.15) is 18.1 Å². The maximum absolute atomic E-state index is 11.8. The van der Waals surface area contributed by atoms with Crippen LogP contribution in [0.1, 0.15) is 12.8 Å². The molecule has 8 heteroatoms. The van der Waals surface area contributed by atoms with Crippen molar-refractivity contribution < 1.29 is 9.59 Å². The fourth-order valence-electron chi connectivity index (χ4n) is 1.47. The maximum Gasteiger partial charge on any atom is 0.247 e. The van der Waals surface area contributed by atoms with E-state index >= 15 is 0 Å². The number of nitrogens with zero attached hydrogens (tertiary/aromatic N) is 2. The first-order valence-corrected chi connectivity index (χ1v) is 5.59. The van der Waals surface area contributed by atoms with Crippen LogP contribution in [0.4, 0.5) is 5.69 Å². The first-order chi connectivity index (χ1) is 8.08. The molecule has 1 unspecified atom stereocenters. The second kappa shape index (κ2) is 4.85. The van der Waals surface area contributed by atoms with Gasteiger partial charge >= 0.3 is 0 Å². The van der Waals surface area contributed by atoms with Crippen LogP contribution in [-0.4, -0.2) is 27.8 Å². The van der Waals surface area contributed by atoms with Crippen LogP contribution in [0, 0.1) is 0 Å². The van der Waals surface area contributed by atoms with Crippen molar-refractivity contribution in [2.75, 3.05) is 5.32 Å². The number of carbonyl (C=O) groups is 2. The molecule has 90 valence electrons. The molecule has 0 spiro atoms. The number of aromatic nitrogens is 2. The number of carbonyl (C=O) groups excluding carboxylic acids is 2. The van der Waals surface area contributed by atoms with Gasteiger partial charge in [-0.15, -0.1) is 0 Å². The number of nitrogens with one attached hydrogen (secondary N) is 2. The smallest absolute Gasteiger partial charge is 0.247 e. The third-order valence-electron chi connectivity index (χ3n) is 2.31. The SMILES string of the molecule is O=C1CCC(C(=O)Nc2c(Cl)ncnc2Cl)N1. The molecule has 2 N–H and O–H groups in total. The highest BCUT2D eigenvalue weighted by molar-refractivity contribution is 6.38. The Bertz CT molecular complexity index is 460. The molecule has 1 atom stereocenters. The van der Waals surface area contributed by atoms with E-state index < -0.39 is 6.04 Å². The van der Waals surface area contributed by atoms with Crippen molar-refractivity contribution in [3.63, 3.8) is 0 Å². The summed E-state index contributed by atoms with van der Waals surface area (Å²) in [5, 5.41) is 5.15. The lowest BCUT2D eigenvalue weighted by Gasteiger charge is -2.11. The number of anilines is 1. The summed E-state index contributed by atoms with van der Waals surface area (Å²) < 4.78 is 0. The van der Waals surface area contributed by atoms with Crippen LogP contribution in [0.25, 0.3) is 0 Å². The van der Waals surface area contributed by atoms with Gasteiger partial charge in [0.15, 0.2) is 10.3 Å². The van der Waals surface area contributed by atoms with E-state index in [4.69, 9.17) is 23.2 Å². The van der Waals surface area contributed by atoms with Crippen molar-refractivity contribution in [2.45, 2.75) is 18.9 Å². The Labute approximate surface area is 107 Å². The molecule has 2 amide bonds. The molecule has 1 aromatic rings. The Kier molecular flexibility index (Phi) is 3.44. The van der Waals surface area contributed by atoms with Gasteiger partial charge in [-0.3, -0.25) is 9.59 Å². The third-order valence-corrected chi connectivity index (χ3v) is 2.89. The van der Waals surface area contributed by atoms with Crippen LogP contribution in [0.3, 0.4) is 0 Å². The molecule has 1 saturated heterocycles. The molecule has 6 nitrogen and oxygen atoms in total. The third kappa shape index (κ3) is 2.65. The largest absolute Gasteiger partial charge is 0.344 e. The van der Waals surface area contributed by atoms with Gasteiger partial charge in [-0.05, 0) is 6.42 Å². The molecule has 0 bridgehead atoms. The minimum atomic E-state index is -0.560. The Morgan fingerprint density at radius 3 is 2.59 bits per heavy atom. The first-order valence-electron chi connectivity index (χ1n) is 4.84. The molecule has 0 radical (unpaired) electrons. The second-order valence-electron chi connectivity index (χ2n) is 3.48. The zero-order valence-electron chi connectivity index (χ0n) is 8.54. The second-order valence-corrected chi connectivity index (χ2v) is 4.19. The molecule has 1 aliphatic heterocycles. The van der Waals surface area contributed by atoms with E-state index in [9.17, 15) is 9.59 Å². The van der Waals surface area contributed by atoms with Crippen LogP contribution in [0.5, 0.6) is 0 Å². The van der Waals surface area contributed by atoms with E-state index in [1.807, 2.05) is 0 Å². The average Bonchev–Trinajstić information content (AvgIpc) is 2.70. The minimum Gasteiger partial charge on any atom is -0.344 e. The van der Waals surface area contributed by atoms with Gasteiger partial charge in [0.05, 0.1) is 0 Å². The number of hydrogen-bond donors (Lipinski definition) is 2. The normalized spacial score (nSPS) is 18.9. The van der Waals surface area contributed by atoms with Crippen molar-refractivity contribution >= 4 is 40.7 Å². The fraction of sp³-hybridized carbons (Fsp3) is 0.333. The van der Waals surface area contributed by atoms with E-state index in [-0.39, 0.29) is 27.8 Å².